The van der Waals surface area contributed by atoms with Crippen LogP contribution in [0.25, 0.3) is 0 Å². The summed E-state index contributed by atoms with van der Waals surface area (Å²) in [5, 5.41) is 13.7. The zero-order valence-electron chi connectivity index (χ0n) is 9.18. The maximum atomic E-state index is 11.1. The summed E-state index contributed by atoms with van der Waals surface area (Å²) in [6.45, 7) is 0.727. The summed E-state index contributed by atoms with van der Waals surface area (Å²) in [4.78, 5) is 21.7. The highest BCUT2D eigenvalue weighted by molar-refractivity contribution is 5.79. The van der Waals surface area contributed by atoms with Gasteiger partial charge in [-0.25, -0.2) is 0 Å². The average molecular weight is 235 g/mol. The highest BCUT2D eigenvalue weighted by atomic mass is 16.6. The summed E-state index contributed by atoms with van der Waals surface area (Å²) in [6.07, 6.45) is 0.308. The molecule has 1 fully saturated rings. The quantitative estimate of drug-likeness (QED) is 0.593. The maximum absolute atomic E-state index is 11.1. The van der Waals surface area contributed by atoms with Crippen LogP contribution in [0.2, 0.25) is 0 Å². The van der Waals surface area contributed by atoms with Gasteiger partial charge in [-0.1, -0.05) is 12.1 Å². The van der Waals surface area contributed by atoms with Crippen molar-refractivity contribution in [1.82, 2.24) is 5.32 Å². The van der Waals surface area contributed by atoms with Gasteiger partial charge in [0, 0.05) is 37.1 Å². The van der Waals surface area contributed by atoms with Gasteiger partial charge in [0.15, 0.2) is 0 Å². The molecule has 1 aliphatic heterocycles. The summed E-state index contributed by atoms with van der Waals surface area (Å²) in [7, 11) is 0. The smallest absolute Gasteiger partial charge is 0.273 e. The molecule has 0 aliphatic carbocycles. The maximum Gasteiger partial charge on any atom is 0.273 e. The average Bonchev–Trinajstić information content (AvgIpc) is 2.75. The Morgan fingerprint density at radius 3 is 2.82 bits per heavy atom. The van der Waals surface area contributed by atoms with Gasteiger partial charge in [0.1, 0.15) is 0 Å². The predicted molar refractivity (Wildman–Crippen MR) is 61.4 cm³/mol. The molecular formula is C11H13N3O3. The number of nitrogens with one attached hydrogen (secondary N) is 1. The van der Waals surface area contributed by atoms with Crippen LogP contribution in [-0.4, -0.2) is 17.4 Å². The summed E-state index contributed by atoms with van der Waals surface area (Å²) in [5.41, 5.74) is 6.83. The fourth-order valence-corrected chi connectivity index (χ4v) is 2.04. The molecule has 1 aromatic carbocycles. The number of carbonyl (C=O) groups excluding carboxylic acids is 1. The molecule has 1 heterocycles. The zero-order chi connectivity index (χ0) is 12.4. The first-order chi connectivity index (χ1) is 8.11. The molecule has 1 amide bonds. The third-order valence-corrected chi connectivity index (χ3v) is 2.94. The molecule has 6 nitrogen and oxygen atoms in total. The van der Waals surface area contributed by atoms with Crippen molar-refractivity contribution in [3.63, 3.8) is 0 Å². The molecule has 1 aromatic rings. The van der Waals surface area contributed by atoms with Gasteiger partial charge in [-0.3, -0.25) is 14.9 Å². The molecule has 1 atom stereocenters. The van der Waals surface area contributed by atoms with Gasteiger partial charge in [-0.15, -0.1) is 0 Å². The summed E-state index contributed by atoms with van der Waals surface area (Å²) in [5.74, 6) is -0.179. The number of amides is 1. The van der Waals surface area contributed by atoms with Gasteiger partial charge in [0.2, 0.25) is 5.91 Å². The molecule has 0 spiro atoms. The minimum Gasteiger partial charge on any atom is -0.355 e. The molecule has 2 rings (SSSR count). The Hall–Kier alpha value is -1.95. The Morgan fingerprint density at radius 1 is 1.53 bits per heavy atom. The largest absolute Gasteiger partial charge is 0.355 e. The number of nitro benzene ring substituents is 1. The third kappa shape index (κ3) is 2.26. The molecule has 6 heteroatoms. The Balaban J connectivity index is 2.39. The monoisotopic (exact) mass is 235 g/mol. The van der Waals surface area contributed by atoms with Crippen LogP contribution in [0.3, 0.4) is 0 Å². The first-order valence-corrected chi connectivity index (χ1v) is 5.35. The number of nitrogens with zero attached hydrogens (tertiary/aromatic N) is 1. The minimum atomic E-state index is -0.419. The first kappa shape index (κ1) is 11.5. The third-order valence-electron chi connectivity index (χ3n) is 2.94. The molecule has 3 N–H and O–H groups in total. The normalized spacial score (nSPS) is 19.1. The Bertz CT molecular complexity index is 473. The number of nitrogens with two attached hydrogens (primary N) is 1. The lowest BCUT2D eigenvalue weighted by molar-refractivity contribution is -0.385. The van der Waals surface area contributed by atoms with Gasteiger partial charge in [0.25, 0.3) is 5.69 Å². The van der Waals surface area contributed by atoms with Crippen LogP contribution in [-0.2, 0) is 11.3 Å². The van der Waals surface area contributed by atoms with Crippen LogP contribution < -0.4 is 11.1 Å². The fourth-order valence-electron chi connectivity index (χ4n) is 2.04. The van der Waals surface area contributed by atoms with E-state index in [0.29, 0.717) is 18.5 Å². The molecule has 0 bridgehead atoms. The number of rotatable bonds is 3. The second-order valence-electron chi connectivity index (χ2n) is 4.06. The Morgan fingerprint density at radius 2 is 2.29 bits per heavy atom. The van der Waals surface area contributed by atoms with Crippen molar-refractivity contribution in [2.75, 3.05) is 6.54 Å². The van der Waals surface area contributed by atoms with Gasteiger partial charge in [0.05, 0.1) is 4.92 Å². The van der Waals surface area contributed by atoms with E-state index in [1.54, 1.807) is 12.1 Å². The van der Waals surface area contributed by atoms with Crippen LogP contribution >= 0.6 is 0 Å². The van der Waals surface area contributed by atoms with Crippen LogP contribution in [0.5, 0.6) is 0 Å². The van der Waals surface area contributed by atoms with E-state index in [2.05, 4.69) is 5.32 Å². The predicted octanol–water partition coefficient (Wildman–Crippen LogP) is 0.657. The van der Waals surface area contributed by atoms with Crippen LogP contribution in [0.4, 0.5) is 5.69 Å². The number of nitro groups is 1. The second kappa shape index (κ2) is 4.50. The zero-order valence-corrected chi connectivity index (χ0v) is 9.18. The standard InChI is InChI=1S/C11H13N3O3/c12-5-7-1-2-9(10(3-7)14(16)17)8-4-11(15)13-6-8/h1-3,8H,4-6,12H2,(H,13,15)/t8-/m1/s1. The van der Waals surface area contributed by atoms with Crippen molar-refractivity contribution in [3.8, 4) is 0 Å². The van der Waals surface area contributed by atoms with Crippen molar-refractivity contribution in [2.45, 2.75) is 18.9 Å². The molecule has 1 saturated heterocycles. The summed E-state index contributed by atoms with van der Waals surface area (Å²) in [6, 6.07) is 4.95. The highest BCUT2D eigenvalue weighted by Crippen LogP contribution is 2.31. The van der Waals surface area contributed by atoms with Crippen molar-refractivity contribution in [3.05, 3.63) is 39.4 Å². The topological polar surface area (TPSA) is 98.3 Å². The summed E-state index contributed by atoms with van der Waals surface area (Å²) >= 11 is 0. The SMILES string of the molecule is NCc1ccc([C@H]2CNC(=O)C2)c([N+](=O)[O-])c1. The molecular weight excluding hydrogens is 222 g/mol. The van der Waals surface area contributed by atoms with E-state index in [1.807, 2.05) is 0 Å². The number of hydrogen-bond donors (Lipinski definition) is 2. The fraction of sp³-hybridized carbons (Fsp3) is 0.364. The lowest BCUT2D eigenvalue weighted by Gasteiger charge is -2.09. The van der Waals surface area contributed by atoms with Gasteiger partial charge in [-0.05, 0) is 5.56 Å². The van der Waals surface area contributed by atoms with E-state index in [1.165, 1.54) is 6.07 Å². The van der Waals surface area contributed by atoms with Crippen LogP contribution in [0, 0.1) is 10.1 Å². The molecule has 0 unspecified atom stereocenters. The molecule has 17 heavy (non-hydrogen) atoms. The first-order valence-electron chi connectivity index (χ1n) is 5.35. The van der Waals surface area contributed by atoms with E-state index < -0.39 is 4.92 Å². The molecule has 0 saturated carbocycles. The molecule has 1 aliphatic rings. The Kier molecular flexibility index (Phi) is 3.06. The lowest BCUT2D eigenvalue weighted by Crippen LogP contribution is -2.13. The second-order valence-corrected chi connectivity index (χ2v) is 4.06. The number of hydrogen-bond acceptors (Lipinski definition) is 4. The Labute approximate surface area is 98.0 Å². The lowest BCUT2D eigenvalue weighted by atomic mass is 9.95. The summed E-state index contributed by atoms with van der Waals surface area (Å²) < 4.78 is 0. The molecule has 90 valence electrons. The van der Waals surface area contributed by atoms with E-state index in [-0.39, 0.29) is 24.1 Å². The minimum absolute atomic E-state index is 0.0504. The number of carbonyl (C=O) groups is 1. The number of benzene rings is 1. The van der Waals surface area contributed by atoms with E-state index in [0.717, 1.165) is 5.56 Å². The van der Waals surface area contributed by atoms with Crippen molar-refractivity contribution < 1.29 is 9.72 Å². The van der Waals surface area contributed by atoms with Gasteiger partial charge in [-0.2, -0.15) is 0 Å². The van der Waals surface area contributed by atoms with Crippen molar-refractivity contribution >= 4 is 11.6 Å². The van der Waals surface area contributed by atoms with E-state index in [4.69, 9.17) is 5.73 Å². The van der Waals surface area contributed by atoms with Crippen LogP contribution in [0.1, 0.15) is 23.5 Å². The van der Waals surface area contributed by atoms with Crippen molar-refractivity contribution in [1.29, 1.82) is 0 Å². The van der Waals surface area contributed by atoms with Gasteiger partial charge >= 0.3 is 0 Å². The van der Waals surface area contributed by atoms with E-state index >= 15 is 0 Å². The highest BCUT2D eigenvalue weighted by Gasteiger charge is 2.28. The van der Waals surface area contributed by atoms with E-state index in [9.17, 15) is 14.9 Å². The van der Waals surface area contributed by atoms with Gasteiger partial charge < -0.3 is 11.1 Å². The van der Waals surface area contributed by atoms with Crippen LogP contribution in [0.15, 0.2) is 18.2 Å². The molecule has 0 radical (unpaired) electrons. The molecule has 0 aromatic heterocycles. The van der Waals surface area contributed by atoms with Crippen molar-refractivity contribution in [2.24, 2.45) is 5.73 Å².